The Hall–Kier alpha value is -1.67. The van der Waals surface area contributed by atoms with Gasteiger partial charge in [-0.3, -0.25) is 9.52 Å². The molecule has 0 aliphatic rings. The van der Waals surface area contributed by atoms with Crippen LogP contribution < -0.4 is 10.3 Å². The van der Waals surface area contributed by atoms with Crippen LogP contribution in [0.3, 0.4) is 0 Å². The van der Waals surface area contributed by atoms with Gasteiger partial charge >= 0.3 is 0 Å². The molecule has 21 heavy (non-hydrogen) atoms. The van der Waals surface area contributed by atoms with Gasteiger partial charge in [0.25, 0.3) is 15.6 Å². The number of nitrogens with one attached hydrogen (secondary N) is 1. The zero-order valence-electron chi connectivity index (χ0n) is 11.0. The van der Waals surface area contributed by atoms with Gasteiger partial charge in [0, 0.05) is 23.3 Å². The van der Waals surface area contributed by atoms with Crippen LogP contribution in [0.5, 0.6) is 0 Å². The lowest BCUT2D eigenvalue weighted by molar-refractivity contribution is 0.569. The highest BCUT2D eigenvalue weighted by molar-refractivity contribution is 9.10. The fourth-order valence-electron chi connectivity index (χ4n) is 1.74. The molecule has 5 nitrogen and oxygen atoms in total. The Kier molecular flexibility index (Phi) is 4.48. The Morgan fingerprint density at radius 3 is 2.62 bits per heavy atom. The van der Waals surface area contributed by atoms with Gasteiger partial charge < -0.3 is 4.57 Å². The van der Waals surface area contributed by atoms with Crippen molar-refractivity contribution in [2.45, 2.75) is 18.4 Å². The predicted molar refractivity (Wildman–Crippen MR) is 81.3 cm³/mol. The molecule has 0 amide bonds. The number of hydrogen-bond acceptors (Lipinski definition) is 3. The molecule has 0 unspecified atom stereocenters. The van der Waals surface area contributed by atoms with Crippen molar-refractivity contribution < 1.29 is 12.8 Å². The number of sulfonamides is 1. The number of pyridine rings is 1. The van der Waals surface area contributed by atoms with Gasteiger partial charge in [0.15, 0.2) is 0 Å². The first-order valence-electron chi connectivity index (χ1n) is 6.02. The number of aryl methyl sites for hydroxylation is 1. The third kappa shape index (κ3) is 3.51. The smallest absolute Gasteiger partial charge is 0.264 e. The number of halogens is 2. The molecule has 0 saturated carbocycles. The predicted octanol–water partition coefficient (Wildman–Crippen LogP) is 2.57. The summed E-state index contributed by atoms with van der Waals surface area (Å²) in [6.45, 7) is 2.16. The summed E-state index contributed by atoms with van der Waals surface area (Å²) in [7, 11) is -4.06. The molecule has 1 aromatic heterocycles. The second-order valence-corrected chi connectivity index (χ2v) is 6.79. The molecule has 0 radical (unpaired) electrons. The van der Waals surface area contributed by atoms with Crippen molar-refractivity contribution in [3.8, 4) is 0 Å². The van der Waals surface area contributed by atoms with Crippen molar-refractivity contribution in [2.75, 3.05) is 4.72 Å². The summed E-state index contributed by atoms with van der Waals surface area (Å²) in [5.41, 5.74) is -0.0472. The summed E-state index contributed by atoms with van der Waals surface area (Å²) in [5.74, 6) is -0.860. The summed E-state index contributed by atoms with van der Waals surface area (Å²) in [6.07, 6.45) is 1.37. The number of anilines is 1. The molecule has 0 aliphatic carbocycles. The summed E-state index contributed by atoms with van der Waals surface area (Å²) < 4.78 is 42.1. The van der Waals surface area contributed by atoms with E-state index in [0.717, 1.165) is 12.1 Å². The highest BCUT2D eigenvalue weighted by Crippen LogP contribution is 2.21. The Labute approximate surface area is 129 Å². The summed E-state index contributed by atoms with van der Waals surface area (Å²) in [5, 5.41) is 0. The topological polar surface area (TPSA) is 68.2 Å². The van der Waals surface area contributed by atoms with Crippen molar-refractivity contribution >= 4 is 31.6 Å². The average molecular weight is 375 g/mol. The van der Waals surface area contributed by atoms with Gasteiger partial charge in [-0.05, 0) is 31.2 Å². The molecule has 2 aromatic rings. The molecule has 1 aromatic carbocycles. The van der Waals surface area contributed by atoms with Gasteiger partial charge in [0.2, 0.25) is 0 Å². The summed E-state index contributed by atoms with van der Waals surface area (Å²) in [4.78, 5) is 11.0. The number of aromatic nitrogens is 1. The van der Waals surface area contributed by atoms with Gasteiger partial charge in [-0.15, -0.1) is 0 Å². The zero-order valence-corrected chi connectivity index (χ0v) is 13.4. The fraction of sp³-hybridized carbons (Fsp3) is 0.154. The lowest BCUT2D eigenvalue weighted by Crippen LogP contribution is -2.20. The van der Waals surface area contributed by atoms with E-state index < -0.39 is 20.7 Å². The molecule has 0 aliphatic heterocycles. The Bertz CT molecular complexity index is 834. The van der Waals surface area contributed by atoms with Crippen LogP contribution in [0, 0.1) is 5.82 Å². The van der Waals surface area contributed by atoms with Crippen molar-refractivity contribution in [1.82, 2.24) is 4.57 Å². The normalized spacial score (nSPS) is 11.4. The van der Waals surface area contributed by atoms with Gasteiger partial charge in [-0.1, -0.05) is 15.9 Å². The standard InChI is InChI=1S/C13H12BrFN2O3S/c1-2-17-8-10(4-6-13(17)18)16-21(19,20)12-5-3-9(14)7-11(12)15/h3-8,16H,2H2,1H3. The molecular weight excluding hydrogens is 363 g/mol. The zero-order chi connectivity index (χ0) is 15.6. The van der Waals surface area contributed by atoms with Gasteiger partial charge in [0.1, 0.15) is 10.7 Å². The molecule has 0 spiro atoms. The van der Waals surface area contributed by atoms with Crippen LogP contribution in [0.4, 0.5) is 10.1 Å². The Morgan fingerprint density at radius 2 is 2.00 bits per heavy atom. The average Bonchev–Trinajstić information content (AvgIpc) is 2.40. The molecule has 112 valence electrons. The van der Waals surface area contributed by atoms with E-state index in [1.807, 2.05) is 0 Å². The number of hydrogen-bond donors (Lipinski definition) is 1. The number of benzene rings is 1. The Morgan fingerprint density at radius 1 is 1.29 bits per heavy atom. The van der Waals surface area contributed by atoms with Crippen LogP contribution >= 0.6 is 15.9 Å². The quantitative estimate of drug-likeness (QED) is 0.893. The molecule has 0 saturated heterocycles. The molecule has 1 N–H and O–H groups in total. The molecule has 0 fully saturated rings. The van der Waals surface area contributed by atoms with E-state index >= 15 is 0 Å². The molecule has 8 heteroatoms. The van der Waals surface area contributed by atoms with E-state index in [9.17, 15) is 17.6 Å². The molecule has 1 heterocycles. The third-order valence-corrected chi connectivity index (χ3v) is 4.67. The third-order valence-electron chi connectivity index (χ3n) is 2.76. The largest absolute Gasteiger partial charge is 0.314 e. The lowest BCUT2D eigenvalue weighted by Gasteiger charge is -2.10. The minimum absolute atomic E-state index is 0.193. The first-order valence-corrected chi connectivity index (χ1v) is 8.29. The minimum Gasteiger partial charge on any atom is -0.314 e. The number of rotatable bonds is 4. The van der Waals surface area contributed by atoms with Gasteiger partial charge in [0.05, 0.1) is 5.69 Å². The Balaban J connectivity index is 2.39. The van der Waals surface area contributed by atoms with Crippen LogP contribution in [-0.2, 0) is 16.6 Å². The van der Waals surface area contributed by atoms with E-state index in [0.29, 0.717) is 11.0 Å². The van der Waals surface area contributed by atoms with Crippen molar-refractivity contribution in [3.63, 3.8) is 0 Å². The first-order chi connectivity index (χ1) is 9.83. The first kappa shape index (κ1) is 15.7. The van der Waals surface area contributed by atoms with Gasteiger partial charge in [-0.2, -0.15) is 0 Å². The highest BCUT2D eigenvalue weighted by Gasteiger charge is 2.19. The lowest BCUT2D eigenvalue weighted by atomic mass is 10.3. The van der Waals surface area contributed by atoms with E-state index in [2.05, 4.69) is 20.7 Å². The second-order valence-electron chi connectivity index (χ2n) is 4.22. The van der Waals surface area contributed by atoms with Crippen molar-refractivity contribution in [3.05, 3.63) is 57.2 Å². The van der Waals surface area contributed by atoms with E-state index in [4.69, 9.17) is 0 Å². The van der Waals surface area contributed by atoms with Crippen LogP contribution in [0.2, 0.25) is 0 Å². The van der Waals surface area contributed by atoms with E-state index in [1.165, 1.54) is 29.0 Å². The maximum atomic E-state index is 13.8. The SMILES string of the molecule is CCn1cc(NS(=O)(=O)c2ccc(Br)cc2F)ccc1=O. The fourth-order valence-corrected chi connectivity index (χ4v) is 3.18. The minimum atomic E-state index is -4.06. The summed E-state index contributed by atoms with van der Waals surface area (Å²) in [6, 6.07) is 6.26. The molecule has 0 atom stereocenters. The van der Waals surface area contributed by atoms with Gasteiger partial charge in [-0.25, -0.2) is 12.8 Å². The molecule has 2 rings (SSSR count). The second kappa shape index (κ2) is 5.98. The maximum Gasteiger partial charge on any atom is 0.264 e. The highest BCUT2D eigenvalue weighted by atomic mass is 79.9. The molecular formula is C13H12BrFN2O3S. The van der Waals surface area contributed by atoms with Crippen molar-refractivity contribution in [2.24, 2.45) is 0 Å². The van der Waals surface area contributed by atoms with Crippen LogP contribution in [0.25, 0.3) is 0 Å². The monoisotopic (exact) mass is 374 g/mol. The van der Waals surface area contributed by atoms with E-state index in [-0.39, 0.29) is 11.2 Å². The number of nitrogens with zero attached hydrogens (tertiary/aromatic N) is 1. The van der Waals surface area contributed by atoms with Crippen LogP contribution in [-0.4, -0.2) is 13.0 Å². The van der Waals surface area contributed by atoms with E-state index in [1.54, 1.807) is 6.92 Å². The summed E-state index contributed by atoms with van der Waals surface area (Å²) >= 11 is 3.06. The maximum absolute atomic E-state index is 13.8. The van der Waals surface area contributed by atoms with Crippen molar-refractivity contribution in [1.29, 1.82) is 0 Å². The molecule has 0 bridgehead atoms. The van der Waals surface area contributed by atoms with Crippen LogP contribution in [0.15, 0.2) is 50.7 Å². The van der Waals surface area contributed by atoms with Crippen LogP contribution in [0.1, 0.15) is 6.92 Å².